The molecule has 1 amide bonds. The van der Waals surface area contributed by atoms with Gasteiger partial charge in [0.1, 0.15) is 5.60 Å². The Hall–Kier alpha value is -1.66. The first-order chi connectivity index (χ1) is 11.2. The summed E-state index contributed by atoms with van der Waals surface area (Å²) in [5, 5.41) is 0. The molecule has 0 saturated carbocycles. The molecule has 1 unspecified atom stereocenters. The molecule has 1 aromatic heterocycles. The molecule has 3 heterocycles. The number of carbonyl (C=O) groups is 1. The van der Waals surface area contributed by atoms with E-state index in [4.69, 9.17) is 14.2 Å². The highest BCUT2D eigenvalue weighted by atomic mass is 16.5. The minimum Gasteiger partial charge on any atom is -0.478 e. The molecule has 6 nitrogen and oxygen atoms in total. The fraction of sp³-hybridized carbons (Fsp3) is 0.647. The maximum absolute atomic E-state index is 12.0. The van der Waals surface area contributed by atoms with Crippen molar-refractivity contribution in [2.75, 3.05) is 40.0 Å². The van der Waals surface area contributed by atoms with Crippen LogP contribution in [-0.4, -0.2) is 61.4 Å². The van der Waals surface area contributed by atoms with Gasteiger partial charge in [-0.3, -0.25) is 4.79 Å². The highest BCUT2D eigenvalue weighted by Crippen LogP contribution is 2.41. The van der Waals surface area contributed by atoms with E-state index < -0.39 is 0 Å². The third kappa shape index (κ3) is 3.64. The fourth-order valence-corrected chi connectivity index (χ4v) is 3.40. The molecule has 0 N–H and O–H groups in total. The summed E-state index contributed by atoms with van der Waals surface area (Å²) in [5.74, 6) is 1.25. The molecule has 126 valence electrons. The van der Waals surface area contributed by atoms with E-state index in [1.54, 1.807) is 13.3 Å². The lowest BCUT2D eigenvalue weighted by Gasteiger charge is -2.50. The Kier molecular flexibility index (Phi) is 5.13. The molecule has 2 fully saturated rings. The molecule has 1 atom stereocenters. The van der Waals surface area contributed by atoms with Crippen molar-refractivity contribution in [2.24, 2.45) is 5.92 Å². The molecule has 2 saturated heterocycles. The first-order valence-electron chi connectivity index (χ1n) is 8.18. The smallest absolute Gasteiger partial charge is 0.225 e. The summed E-state index contributed by atoms with van der Waals surface area (Å²) in [6.07, 6.45) is 4.13. The van der Waals surface area contributed by atoms with Crippen molar-refractivity contribution in [3.8, 4) is 5.88 Å². The predicted molar refractivity (Wildman–Crippen MR) is 84.2 cm³/mol. The molecular weight excluding hydrogens is 296 g/mol. The van der Waals surface area contributed by atoms with Gasteiger partial charge in [-0.05, 0) is 24.8 Å². The lowest BCUT2D eigenvalue weighted by Crippen LogP contribution is -2.66. The molecule has 23 heavy (non-hydrogen) atoms. The second-order valence-corrected chi connectivity index (χ2v) is 6.20. The molecule has 3 rings (SSSR count). The third-order valence-electron chi connectivity index (χ3n) is 4.74. The molecule has 0 bridgehead atoms. The van der Waals surface area contributed by atoms with Gasteiger partial charge in [0.2, 0.25) is 11.8 Å². The van der Waals surface area contributed by atoms with Crippen LogP contribution in [0.15, 0.2) is 24.4 Å². The number of aromatic nitrogens is 1. The average molecular weight is 320 g/mol. The first kappa shape index (κ1) is 16.2. The molecule has 1 aromatic rings. The van der Waals surface area contributed by atoms with Crippen LogP contribution in [0, 0.1) is 5.92 Å². The minimum atomic E-state index is -0.157. The lowest BCUT2D eigenvalue weighted by atomic mass is 9.79. The molecular formula is C17H24N2O4. The number of carbonyl (C=O) groups excluding carboxylic acids is 1. The van der Waals surface area contributed by atoms with Crippen LogP contribution in [0.5, 0.6) is 5.88 Å². The Balaban J connectivity index is 1.45. The Morgan fingerprint density at radius 2 is 2.30 bits per heavy atom. The predicted octanol–water partition coefficient (Wildman–Crippen LogP) is 1.50. The van der Waals surface area contributed by atoms with Gasteiger partial charge in [-0.25, -0.2) is 4.98 Å². The van der Waals surface area contributed by atoms with Gasteiger partial charge in [-0.15, -0.1) is 0 Å². The zero-order chi connectivity index (χ0) is 16.1. The van der Waals surface area contributed by atoms with E-state index >= 15 is 0 Å². The van der Waals surface area contributed by atoms with E-state index in [-0.39, 0.29) is 11.5 Å². The second-order valence-electron chi connectivity index (χ2n) is 6.20. The van der Waals surface area contributed by atoms with Gasteiger partial charge in [0.25, 0.3) is 0 Å². The average Bonchev–Trinajstić information content (AvgIpc) is 2.96. The van der Waals surface area contributed by atoms with Crippen molar-refractivity contribution in [3.05, 3.63) is 24.4 Å². The van der Waals surface area contributed by atoms with Crippen LogP contribution in [0.25, 0.3) is 0 Å². The number of nitrogens with zero attached hydrogens (tertiary/aromatic N) is 2. The zero-order valence-electron chi connectivity index (χ0n) is 13.6. The van der Waals surface area contributed by atoms with E-state index in [2.05, 4.69) is 4.98 Å². The van der Waals surface area contributed by atoms with Gasteiger partial charge < -0.3 is 19.1 Å². The summed E-state index contributed by atoms with van der Waals surface area (Å²) in [4.78, 5) is 18.0. The van der Waals surface area contributed by atoms with E-state index in [1.165, 1.54) is 0 Å². The number of pyridine rings is 1. The number of amides is 1. The lowest BCUT2D eigenvalue weighted by molar-refractivity contribution is -0.166. The molecule has 2 aliphatic rings. The molecule has 6 heteroatoms. The summed E-state index contributed by atoms with van der Waals surface area (Å²) < 4.78 is 16.6. The van der Waals surface area contributed by atoms with Gasteiger partial charge in [-0.2, -0.15) is 0 Å². The Morgan fingerprint density at radius 3 is 3.04 bits per heavy atom. The molecule has 0 aromatic carbocycles. The Bertz CT molecular complexity index is 517. The van der Waals surface area contributed by atoms with E-state index in [1.807, 2.05) is 23.1 Å². The Morgan fingerprint density at radius 1 is 1.43 bits per heavy atom. The molecule has 0 radical (unpaired) electrons. The third-order valence-corrected chi connectivity index (χ3v) is 4.74. The zero-order valence-corrected chi connectivity index (χ0v) is 13.6. The standard InChI is InChI=1S/C17H24N2O4/c1-21-9-7-16(20)19-12-17(13-19)14(6-11-23-17)5-10-22-15-4-2-3-8-18-15/h2-4,8,14H,5-7,9-13H2,1H3. The van der Waals surface area contributed by atoms with Crippen LogP contribution in [0.3, 0.4) is 0 Å². The van der Waals surface area contributed by atoms with Crippen LogP contribution in [0.4, 0.5) is 0 Å². The quantitative estimate of drug-likeness (QED) is 0.762. The van der Waals surface area contributed by atoms with Crippen molar-refractivity contribution in [2.45, 2.75) is 24.9 Å². The molecule has 0 aliphatic carbocycles. The van der Waals surface area contributed by atoms with Crippen LogP contribution in [-0.2, 0) is 14.3 Å². The van der Waals surface area contributed by atoms with E-state index in [9.17, 15) is 4.79 Å². The van der Waals surface area contributed by atoms with Gasteiger partial charge in [0, 0.05) is 26.0 Å². The van der Waals surface area contributed by atoms with Crippen LogP contribution < -0.4 is 4.74 Å². The highest BCUT2D eigenvalue weighted by Gasteiger charge is 2.53. The summed E-state index contributed by atoms with van der Waals surface area (Å²) in [7, 11) is 1.61. The number of methoxy groups -OCH3 is 1. The number of rotatable bonds is 7. The summed E-state index contributed by atoms with van der Waals surface area (Å²) in [6, 6.07) is 5.65. The highest BCUT2D eigenvalue weighted by molar-refractivity contribution is 5.77. The van der Waals surface area contributed by atoms with Crippen LogP contribution in [0.2, 0.25) is 0 Å². The van der Waals surface area contributed by atoms with Crippen molar-refractivity contribution in [1.29, 1.82) is 0 Å². The SMILES string of the molecule is COCCC(=O)N1CC2(C1)OCCC2CCOc1ccccn1. The van der Waals surface area contributed by atoms with Gasteiger partial charge in [0.05, 0.1) is 32.7 Å². The Labute approximate surface area is 136 Å². The maximum Gasteiger partial charge on any atom is 0.225 e. The van der Waals surface area contributed by atoms with Gasteiger partial charge in [0.15, 0.2) is 0 Å². The second kappa shape index (κ2) is 7.27. The van der Waals surface area contributed by atoms with Gasteiger partial charge >= 0.3 is 0 Å². The number of hydrogen-bond donors (Lipinski definition) is 0. The first-order valence-corrected chi connectivity index (χ1v) is 8.18. The van der Waals surface area contributed by atoms with Crippen molar-refractivity contribution >= 4 is 5.91 Å². The van der Waals surface area contributed by atoms with E-state index in [0.717, 1.165) is 19.4 Å². The summed E-state index contributed by atoms with van der Waals surface area (Å²) in [6.45, 7) is 3.27. The monoisotopic (exact) mass is 320 g/mol. The van der Waals surface area contributed by atoms with Crippen LogP contribution in [0.1, 0.15) is 19.3 Å². The van der Waals surface area contributed by atoms with Crippen molar-refractivity contribution in [3.63, 3.8) is 0 Å². The summed E-state index contributed by atoms with van der Waals surface area (Å²) >= 11 is 0. The summed E-state index contributed by atoms with van der Waals surface area (Å²) in [5.41, 5.74) is -0.157. The number of likely N-dealkylation sites (tertiary alicyclic amines) is 1. The van der Waals surface area contributed by atoms with Crippen molar-refractivity contribution in [1.82, 2.24) is 9.88 Å². The molecule has 1 spiro atoms. The fourth-order valence-electron chi connectivity index (χ4n) is 3.40. The van der Waals surface area contributed by atoms with Crippen LogP contribution >= 0.6 is 0 Å². The number of ether oxygens (including phenoxy) is 3. The largest absolute Gasteiger partial charge is 0.478 e. The van der Waals surface area contributed by atoms with Crippen molar-refractivity contribution < 1.29 is 19.0 Å². The van der Waals surface area contributed by atoms with E-state index in [0.29, 0.717) is 44.5 Å². The minimum absolute atomic E-state index is 0.150. The molecule has 2 aliphatic heterocycles. The normalized spacial score (nSPS) is 22.1. The number of hydrogen-bond acceptors (Lipinski definition) is 5. The topological polar surface area (TPSA) is 60.9 Å². The maximum atomic E-state index is 12.0. The van der Waals surface area contributed by atoms with Gasteiger partial charge in [-0.1, -0.05) is 6.07 Å².